The first kappa shape index (κ1) is 15.5. The van der Waals surface area contributed by atoms with Crippen LogP contribution in [0.1, 0.15) is 30.3 Å². The van der Waals surface area contributed by atoms with Gasteiger partial charge >= 0.3 is 5.97 Å². The van der Waals surface area contributed by atoms with Crippen LogP contribution < -0.4 is 15.5 Å². The Bertz CT molecular complexity index is 474. The number of carbonyl (C=O) groups excluding carboxylic acids is 1. The Morgan fingerprint density at radius 1 is 1.43 bits per heavy atom. The number of unbranched alkanes of at least 4 members (excludes halogenated alkanes) is 1. The third-order valence-corrected chi connectivity index (χ3v) is 3.36. The summed E-state index contributed by atoms with van der Waals surface area (Å²) in [5, 5.41) is 6.47. The number of esters is 1. The van der Waals surface area contributed by atoms with Gasteiger partial charge < -0.3 is 20.3 Å². The lowest BCUT2D eigenvalue weighted by Crippen LogP contribution is -2.44. The summed E-state index contributed by atoms with van der Waals surface area (Å²) in [5.41, 5.74) is 0.292. The topological polar surface area (TPSA) is 79.4 Å². The van der Waals surface area contributed by atoms with Crippen molar-refractivity contribution in [2.75, 3.05) is 50.1 Å². The highest BCUT2D eigenvalue weighted by Gasteiger charge is 2.17. The lowest BCUT2D eigenvalue weighted by atomic mass is 10.3. The van der Waals surface area contributed by atoms with E-state index in [4.69, 9.17) is 4.74 Å². The first-order valence-corrected chi connectivity index (χ1v) is 7.41. The Labute approximate surface area is 125 Å². The van der Waals surface area contributed by atoms with Crippen molar-refractivity contribution in [1.82, 2.24) is 15.3 Å². The van der Waals surface area contributed by atoms with Crippen molar-refractivity contribution in [1.29, 1.82) is 0 Å². The fourth-order valence-corrected chi connectivity index (χ4v) is 2.16. The second-order valence-electron chi connectivity index (χ2n) is 4.94. The van der Waals surface area contributed by atoms with Gasteiger partial charge in [-0.15, -0.1) is 0 Å². The first-order chi connectivity index (χ1) is 10.2. The maximum Gasteiger partial charge on any atom is 0.356 e. The van der Waals surface area contributed by atoms with Gasteiger partial charge in [-0.2, -0.15) is 4.98 Å². The highest BCUT2D eigenvalue weighted by Crippen LogP contribution is 2.16. The van der Waals surface area contributed by atoms with Crippen LogP contribution in [0.4, 0.5) is 11.8 Å². The van der Waals surface area contributed by atoms with E-state index in [9.17, 15) is 4.79 Å². The van der Waals surface area contributed by atoms with Crippen LogP contribution in [0.2, 0.25) is 0 Å². The lowest BCUT2D eigenvalue weighted by Gasteiger charge is -2.28. The van der Waals surface area contributed by atoms with Crippen molar-refractivity contribution < 1.29 is 9.53 Å². The molecule has 1 fully saturated rings. The Morgan fingerprint density at radius 2 is 2.19 bits per heavy atom. The number of aromatic nitrogens is 2. The molecule has 1 aromatic heterocycles. The fourth-order valence-electron chi connectivity index (χ4n) is 2.16. The van der Waals surface area contributed by atoms with Gasteiger partial charge in [-0.05, 0) is 6.42 Å². The molecule has 0 saturated carbocycles. The summed E-state index contributed by atoms with van der Waals surface area (Å²) in [6.45, 7) is 6.48. The Hall–Kier alpha value is -1.89. The van der Waals surface area contributed by atoms with E-state index in [2.05, 4.69) is 32.4 Å². The summed E-state index contributed by atoms with van der Waals surface area (Å²) in [5.74, 6) is 0.818. The molecule has 0 bridgehead atoms. The molecule has 1 saturated heterocycles. The molecule has 116 valence electrons. The molecule has 0 aromatic carbocycles. The number of carbonyl (C=O) groups is 1. The number of rotatable bonds is 6. The van der Waals surface area contributed by atoms with E-state index in [-0.39, 0.29) is 0 Å². The van der Waals surface area contributed by atoms with Gasteiger partial charge in [0.2, 0.25) is 5.95 Å². The second kappa shape index (κ2) is 7.78. The number of hydrogen-bond donors (Lipinski definition) is 2. The van der Waals surface area contributed by atoms with E-state index in [1.807, 2.05) is 0 Å². The number of anilines is 2. The van der Waals surface area contributed by atoms with Crippen molar-refractivity contribution in [3.05, 3.63) is 11.8 Å². The summed E-state index contributed by atoms with van der Waals surface area (Å²) in [6, 6.07) is 1.70. The van der Waals surface area contributed by atoms with Gasteiger partial charge in [-0.1, -0.05) is 13.3 Å². The highest BCUT2D eigenvalue weighted by molar-refractivity contribution is 5.88. The van der Waals surface area contributed by atoms with E-state index >= 15 is 0 Å². The van der Waals surface area contributed by atoms with E-state index in [0.717, 1.165) is 51.4 Å². The number of nitrogens with zero attached hydrogens (tertiary/aromatic N) is 3. The summed E-state index contributed by atoms with van der Waals surface area (Å²) in [6.07, 6.45) is 2.13. The van der Waals surface area contributed by atoms with E-state index in [1.165, 1.54) is 7.11 Å². The molecule has 2 N–H and O–H groups in total. The maximum absolute atomic E-state index is 11.8. The molecule has 0 atom stereocenters. The Kier molecular flexibility index (Phi) is 5.74. The zero-order chi connectivity index (χ0) is 15.1. The molecule has 0 unspecified atom stereocenters. The third kappa shape index (κ3) is 4.29. The minimum atomic E-state index is -0.438. The Morgan fingerprint density at radius 3 is 2.86 bits per heavy atom. The fraction of sp³-hybridized carbons (Fsp3) is 0.643. The van der Waals surface area contributed by atoms with Gasteiger partial charge in [0.1, 0.15) is 5.82 Å². The van der Waals surface area contributed by atoms with Crippen LogP contribution in [0.3, 0.4) is 0 Å². The highest BCUT2D eigenvalue weighted by atomic mass is 16.5. The zero-order valence-corrected chi connectivity index (χ0v) is 12.7. The molecule has 7 nitrogen and oxygen atoms in total. The quantitative estimate of drug-likeness (QED) is 0.595. The van der Waals surface area contributed by atoms with Crippen LogP contribution in [0, 0.1) is 0 Å². The van der Waals surface area contributed by atoms with Gasteiger partial charge in [0.05, 0.1) is 7.11 Å². The number of hydrogen-bond acceptors (Lipinski definition) is 7. The lowest BCUT2D eigenvalue weighted by molar-refractivity contribution is 0.0594. The summed E-state index contributed by atoms with van der Waals surface area (Å²) >= 11 is 0. The van der Waals surface area contributed by atoms with E-state index in [1.54, 1.807) is 6.07 Å². The van der Waals surface area contributed by atoms with Gasteiger partial charge in [0.25, 0.3) is 0 Å². The van der Waals surface area contributed by atoms with Gasteiger partial charge in [-0.3, -0.25) is 0 Å². The molecule has 0 spiro atoms. The number of ether oxygens (including phenoxy) is 1. The third-order valence-electron chi connectivity index (χ3n) is 3.36. The molecule has 0 aliphatic carbocycles. The van der Waals surface area contributed by atoms with Crippen molar-refractivity contribution in [2.24, 2.45) is 0 Å². The molecular weight excluding hydrogens is 270 g/mol. The molecule has 0 amide bonds. The van der Waals surface area contributed by atoms with Crippen molar-refractivity contribution in [2.45, 2.75) is 19.8 Å². The summed E-state index contributed by atoms with van der Waals surface area (Å²) in [4.78, 5) is 22.7. The van der Waals surface area contributed by atoms with E-state index in [0.29, 0.717) is 11.6 Å². The summed E-state index contributed by atoms with van der Waals surface area (Å²) < 4.78 is 4.77. The second-order valence-corrected chi connectivity index (χ2v) is 4.94. The SMILES string of the molecule is CCCCNc1nc(C(=O)OC)cc(N2CCNCC2)n1. The number of piperazine rings is 1. The average molecular weight is 293 g/mol. The maximum atomic E-state index is 11.8. The van der Waals surface area contributed by atoms with Crippen molar-refractivity contribution in [3.63, 3.8) is 0 Å². The predicted molar refractivity (Wildman–Crippen MR) is 81.9 cm³/mol. The van der Waals surface area contributed by atoms with Gasteiger partial charge in [0, 0.05) is 38.8 Å². The van der Waals surface area contributed by atoms with Crippen LogP contribution in [-0.2, 0) is 4.74 Å². The summed E-state index contributed by atoms with van der Waals surface area (Å²) in [7, 11) is 1.36. The minimum Gasteiger partial charge on any atom is -0.464 e. The average Bonchev–Trinajstić information content (AvgIpc) is 2.55. The molecule has 2 heterocycles. The normalized spacial score (nSPS) is 14.9. The van der Waals surface area contributed by atoms with Crippen LogP contribution >= 0.6 is 0 Å². The van der Waals surface area contributed by atoms with Crippen molar-refractivity contribution >= 4 is 17.7 Å². The first-order valence-electron chi connectivity index (χ1n) is 7.41. The standard InChI is InChI=1S/C14H23N5O2/c1-3-4-5-16-14-17-11(13(20)21-2)10-12(18-14)19-8-6-15-7-9-19/h10,15H,3-9H2,1-2H3,(H,16,17,18). The molecule has 21 heavy (non-hydrogen) atoms. The smallest absolute Gasteiger partial charge is 0.356 e. The van der Waals surface area contributed by atoms with Crippen LogP contribution in [-0.4, -0.2) is 55.8 Å². The molecule has 0 radical (unpaired) electrons. The molecule has 1 aromatic rings. The molecule has 1 aliphatic heterocycles. The largest absolute Gasteiger partial charge is 0.464 e. The van der Waals surface area contributed by atoms with Gasteiger partial charge in [-0.25, -0.2) is 9.78 Å². The monoisotopic (exact) mass is 293 g/mol. The molecule has 7 heteroatoms. The predicted octanol–water partition coefficient (Wildman–Crippen LogP) is 0.885. The van der Waals surface area contributed by atoms with Gasteiger partial charge in [0.15, 0.2) is 5.69 Å². The van der Waals surface area contributed by atoms with Crippen LogP contribution in [0.15, 0.2) is 6.07 Å². The van der Waals surface area contributed by atoms with E-state index < -0.39 is 5.97 Å². The molecule has 1 aliphatic rings. The minimum absolute atomic E-state index is 0.292. The van der Waals surface area contributed by atoms with Crippen LogP contribution in [0.25, 0.3) is 0 Å². The number of nitrogens with one attached hydrogen (secondary N) is 2. The van der Waals surface area contributed by atoms with Crippen LogP contribution in [0.5, 0.6) is 0 Å². The zero-order valence-electron chi connectivity index (χ0n) is 12.7. The molecule has 2 rings (SSSR count). The van der Waals surface area contributed by atoms with Crippen molar-refractivity contribution in [3.8, 4) is 0 Å². The Balaban J connectivity index is 2.20. The number of methoxy groups -OCH3 is 1. The molecular formula is C14H23N5O2.